The summed E-state index contributed by atoms with van der Waals surface area (Å²) in [7, 11) is 0. The first-order valence-corrected chi connectivity index (χ1v) is 11.3. The number of amides is 1. The predicted octanol–water partition coefficient (Wildman–Crippen LogP) is 4.10. The van der Waals surface area contributed by atoms with Crippen LogP contribution in [0.15, 0.2) is 92.3 Å². The van der Waals surface area contributed by atoms with Crippen LogP contribution in [0.3, 0.4) is 0 Å². The second-order valence-corrected chi connectivity index (χ2v) is 8.53. The van der Waals surface area contributed by atoms with Crippen LogP contribution in [-0.4, -0.2) is 32.5 Å². The van der Waals surface area contributed by atoms with Gasteiger partial charge in [0.2, 0.25) is 0 Å². The summed E-state index contributed by atoms with van der Waals surface area (Å²) in [6.45, 7) is 0. The molecule has 160 valence electrons. The number of fused-ring (bicyclic) bond motifs is 1. The van der Waals surface area contributed by atoms with Gasteiger partial charge in [-0.2, -0.15) is 5.10 Å². The highest BCUT2D eigenvalue weighted by molar-refractivity contribution is 9.10. The van der Waals surface area contributed by atoms with Crippen LogP contribution in [0.4, 0.5) is 0 Å². The summed E-state index contributed by atoms with van der Waals surface area (Å²) in [6.07, 6.45) is 1.37. The Bertz CT molecular complexity index is 1370. The number of phenolic OH excluding ortho intramolecular Hbond substituents is 1. The van der Waals surface area contributed by atoms with E-state index in [1.807, 2.05) is 30.3 Å². The average Bonchev–Trinajstić information content (AvgIpc) is 2.80. The van der Waals surface area contributed by atoms with Crippen molar-refractivity contribution in [3.05, 3.63) is 93.2 Å². The van der Waals surface area contributed by atoms with E-state index in [2.05, 4.69) is 31.4 Å². The lowest BCUT2D eigenvalue weighted by Gasteiger charge is -2.13. The Hall–Kier alpha value is -3.43. The maximum Gasteiger partial charge on any atom is 0.266 e. The lowest BCUT2D eigenvalue weighted by molar-refractivity contribution is -0.118. The van der Waals surface area contributed by atoms with E-state index in [1.165, 1.54) is 16.8 Å². The topological polar surface area (TPSA) is 96.6 Å². The molecule has 0 atom stereocenters. The number of benzene rings is 3. The number of carbonyl (C=O) groups is 1. The molecule has 9 heteroatoms. The van der Waals surface area contributed by atoms with Gasteiger partial charge in [0.15, 0.2) is 5.16 Å². The Balaban J connectivity index is 1.57. The molecule has 1 heterocycles. The van der Waals surface area contributed by atoms with Crippen LogP contribution >= 0.6 is 27.7 Å². The Kier molecular flexibility index (Phi) is 6.67. The van der Waals surface area contributed by atoms with Crippen molar-refractivity contribution < 1.29 is 9.90 Å². The zero-order valence-electron chi connectivity index (χ0n) is 16.6. The summed E-state index contributed by atoms with van der Waals surface area (Å²) in [6, 6.07) is 21.1. The van der Waals surface area contributed by atoms with Crippen LogP contribution in [0, 0.1) is 0 Å². The number of carbonyl (C=O) groups excluding carboxylic acids is 1. The summed E-state index contributed by atoms with van der Waals surface area (Å²) in [5, 5.41) is 14.5. The smallest absolute Gasteiger partial charge is 0.266 e. The fourth-order valence-corrected chi connectivity index (χ4v) is 4.03. The van der Waals surface area contributed by atoms with Crippen molar-refractivity contribution in [2.75, 3.05) is 5.75 Å². The minimum atomic E-state index is -0.369. The highest BCUT2D eigenvalue weighted by atomic mass is 79.9. The van der Waals surface area contributed by atoms with E-state index in [-0.39, 0.29) is 23.0 Å². The molecule has 0 fully saturated rings. The molecule has 0 aliphatic rings. The molecule has 32 heavy (non-hydrogen) atoms. The van der Waals surface area contributed by atoms with Crippen molar-refractivity contribution in [2.24, 2.45) is 5.10 Å². The number of aromatic hydroxyl groups is 1. The van der Waals surface area contributed by atoms with E-state index in [9.17, 15) is 14.7 Å². The third-order valence-electron chi connectivity index (χ3n) is 4.49. The molecule has 0 radical (unpaired) electrons. The van der Waals surface area contributed by atoms with Gasteiger partial charge in [0.1, 0.15) is 5.75 Å². The number of phenols is 1. The van der Waals surface area contributed by atoms with Gasteiger partial charge in [-0.3, -0.25) is 14.2 Å². The number of hydrogen-bond donors (Lipinski definition) is 2. The number of thioether (sulfide) groups is 1. The molecule has 4 aromatic rings. The maximum atomic E-state index is 13.2. The molecular formula is C23H17BrN4O3S. The van der Waals surface area contributed by atoms with Gasteiger partial charge in [0, 0.05) is 10.0 Å². The van der Waals surface area contributed by atoms with Crippen LogP contribution in [-0.2, 0) is 4.79 Å². The third kappa shape index (κ3) is 4.90. The molecule has 7 nitrogen and oxygen atoms in total. The van der Waals surface area contributed by atoms with E-state index in [0.29, 0.717) is 27.3 Å². The number of aromatic nitrogens is 2. The number of para-hydroxylation sites is 2. The molecule has 3 aromatic carbocycles. The number of rotatable bonds is 6. The highest BCUT2D eigenvalue weighted by Crippen LogP contribution is 2.22. The predicted molar refractivity (Wildman–Crippen MR) is 130 cm³/mol. The van der Waals surface area contributed by atoms with Crippen LogP contribution < -0.4 is 11.0 Å². The summed E-state index contributed by atoms with van der Waals surface area (Å²) in [4.78, 5) is 30.1. The molecule has 0 aliphatic carbocycles. The maximum absolute atomic E-state index is 13.2. The molecule has 0 saturated carbocycles. The van der Waals surface area contributed by atoms with Gasteiger partial charge in [0.25, 0.3) is 11.5 Å². The van der Waals surface area contributed by atoms with Gasteiger partial charge in [-0.1, -0.05) is 52.0 Å². The second kappa shape index (κ2) is 9.80. The number of nitrogens with zero attached hydrogens (tertiary/aromatic N) is 3. The zero-order chi connectivity index (χ0) is 22.5. The zero-order valence-corrected chi connectivity index (χ0v) is 19.0. The van der Waals surface area contributed by atoms with Crippen molar-refractivity contribution in [3.8, 4) is 11.4 Å². The molecule has 2 N–H and O–H groups in total. The monoisotopic (exact) mass is 508 g/mol. The van der Waals surface area contributed by atoms with Crippen molar-refractivity contribution in [3.63, 3.8) is 0 Å². The van der Waals surface area contributed by atoms with E-state index >= 15 is 0 Å². The van der Waals surface area contributed by atoms with Crippen LogP contribution in [0.1, 0.15) is 5.56 Å². The van der Waals surface area contributed by atoms with E-state index in [4.69, 9.17) is 0 Å². The van der Waals surface area contributed by atoms with Crippen LogP contribution in [0.5, 0.6) is 5.75 Å². The lowest BCUT2D eigenvalue weighted by Crippen LogP contribution is -2.24. The molecular weight excluding hydrogens is 492 g/mol. The van der Waals surface area contributed by atoms with Gasteiger partial charge in [0.05, 0.1) is 28.6 Å². The largest absolute Gasteiger partial charge is 0.507 e. The molecule has 0 aliphatic heterocycles. The fraction of sp³-hybridized carbons (Fsp3) is 0.0435. The number of halogens is 1. The SMILES string of the molecule is O=C(CSc1nc2ccccc2c(=O)n1-c1ccc(Br)cc1)N/N=C\c1ccccc1O. The Morgan fingerprint density at radius 1 is 1.09 bits per heavy atom. The standard InChI is InChI=1S/C23H17BrN4O3S/c24-16-9-11-17(12-10-16)28-22(31)18-6-2-3-7-19(18)26-23(28)32-14-21(30)27-25-13-15-5-1-4-8-20(15)29/h1-13,29H,14H2,(H,27,30)/b25-13-. The molecule has 0 bridgehead atoms. The Labute approximate surface area is 195 Å². The van der Waals surface area contributed by atoms with Crippen molar-refractivity contribution >= 4 is 50.7 Å². The summed E-state index contributed by atoms with van der Waals surface area (Å²) in [5.41, 5.74) is 3.91. The lowest BCUT2D eigenvalue weighted by atomic mass is 10.2. The first-order chi connectivity index (χ1) is 15.5. The Morgan fingerprint density at radius 2 is 1.81 bits per heavy atom. The molecule has 0 saturated heterocycles. The van der Waals surface area contributed by atoms with E-state index < -0.39 is 0 Å². The van der Waals surface area contributed by atoms with Gasteiger partial charge >= 0.3 is 0 Å². The van der Waals surface area contributed by atoms with Crippen LogP contribution in [0.2, 0.25) is 0 Å². The molecule has 4 rings (SSSR count). The number of hydrazone groups is 1. The van der Waals surface area contributed by atoms with E-state index in [0.717, 1.165) is 16.2 Å². The number of nitrogens with one attached hydrogen (secondary N) is 1. The highest BCUT2D eigenvalue weighted by Gasteiger charge is 2.14. The van der Waals surface area contributed by atoms with Gasteiger partial charge < -0.3 is 5.11 Å². The summed E-state index contributed by atoms with van der Waals surface area (Å²) in [5.74, 6) is -0.301. The summed E-state index contributed by atoms with van der Waals surface area (Å²) >= 11 is 4.54. The first-order valence-electron chi connectivity index (χ1n) is 9.53. The minimum absolute atomic E-state index is 0.000575. The molecule has 1 amide bonds. The third-order valence-corrected chi connectivity index (χ3v) is 5.96. The van der Waals surface area contributed by atoms with Gasteiger partial charge in [-0.05, 0) is 48.5 Å². The van der Waals surface area contributed by atoms with Crippen molar-refractivity contribution in [1.29, 1.82) is 0 Å². The minimum Gasteiger partial charge on any atom is -0.507 e. The van der Waals surface area contributed by atoms with Gasteiger partial charge in [-0.25, -0.2) is 10.4 Å². The Morgan fingerprint density at radius 3 is 2.59 bits per heavy atom. The molecule has 0 spiro atoms. The van der Waals surface area contributed by atoms with Crippen molar-refractivity contribution in [1.82, 2.24) is 15.0 Å². The second-order valence-electron chi connectivity index (χ2n) is 6.67. The molecule has 1 aromatic heterocycles. The quantitative estimate of drug-likeness (QED) is 0.177. The van der Waals surface area contributed by atoms with Crippen molar-refractivity contribution in [2.45, 2.75) is 5.16 Å². The molecule has 0 unspecified atom stereocenters. The van der Waals surface area contributed by atoms with Crippen LogP contribution in [0.25, 0.3) is 16.6 Å². The summed E-state index contributed by atoms with van der Waals surface area (Å²) < 4.78 is 2.39. The van der Waals surface area contributed by atoms with Gasteiger partial charge in [-0.15, -0.1) is 0 Å². The fourth-order valence-electron chi connectivity index (χ4n) is 2.96. The average molecular weight is 509 g/mol. The van der Waals surface area contributed by atoms with E-state index in [1.54, 1.807) is 36.4 Å². The first kappa shape index (κ1) is 21.8. The normalized spacial score (nSPS) is 11.2. The number of hydrogen-bond acceptors (Lipinski definition) is 6.